The molecule has 1 atom stereocenters. The number of hydrogen-bond acceptors (Lipinski definition) is 5. The summed E-state index contributed by atoms with van der Waals surface area (Å²) < 4.78 is 5.00. The maximum absolute atomic E-state index is 11.5. The highest BCUT2D eigenvalue weighted by Gasteiger charge is 2.48. The predicted octanol–water partition coefficient (Wildman–Crippen LogP) is 0.502. The number of ether oxygens (including phenoxy) is 1. The largest absolute Gasteiger partial charge is 0.457 e. The Bertz CT molecular complexity index is 235. The van der Waals surface area contributed by atoms with E-state index in [-0.39, 0.29) is 13.0 Å². The normalized spacial score (nSPS) is 29.2. The van der Waals surface area contributed by atoms with E-state index in [0.29, 0.717) is 11.5 Å². The Balaban J connectivity index is 2.68. The van der Waals surface area contributed by atoms with Gasteiger partial charge in [0.15, 0.2) is 0 Å². The number of aliphatic hydroxyl groups is 1. The fourth-order valence-electron chi connectivity index (χ4n) is 1.36. The third-order valence-electron chi connectivity index (χ3n) is 2.05. The molecule has 1 rings (SSSR count). The van der Waals surface area contributed by atoms with Crippen LogP contribution in [0.5, 0.6) is 0 Å². The quantitative estimate of drug-likeness (QED) is 0.607. The van der Waals surface area contributed by atoms with Gasteiger partial charge in [-0.15, -0.1) is 0 Å². The summed E-state index contributed by atoms with van der Waals surface area (Å²) in [6.45, 7) is 5.43. The van der Waals surface area contributed by atoms with E-state index in [4.69, 9.17) is 4.74 Å². The van der Waals surface area contributed by atoms with Crippen molar-refractivity contribution in [1.82, 2.24) is 5.06 Å². The summed E-state index contributed by atoms with van der Waals surface area (Å²) in [6.07, 6.45) is 0.782. The Morgan fingerprint density at radius 1 is 1.50 bits per heavy atom. The average Bonchev–Trinajstić information content (AvgIpc) is 2.30. The second-order valence-corrected chi connectivity index (χ2v) is 4.55. The minimum absolute atomic E-state index is 0.207. The van der Waals surface area contributed by atoms with Crippen molar-refractivity contribution in [3.05, 3.63) is 0 Å². The molecule has 5 nitrogen and oxygen atoms in total. The van der Waals surface area contributed by atoms with Gasteiger partial charge in [0.25, 0.3) is 0 Å². The van der Waals surface area contributed by atoms with E-state index >= 15 is 0 Å². The number of hydrogen-bond donors (Lipinski definition) is 2. The van der Waals surface area contributed by atoms with Gasteiger partial charge >= 0.3 is 5.97 Å². The van der Waals surface area contributed by atoms with Gasteiger partial charge in [-0.05, 0) is 27.2 Å². The number of rotatable bonds is 1. The fraction of sp³-hybridized carbons (Fsp3) is 0.889. The molecule has 1 aliphatic rings. The highest BCUT2D eigenvalue weighted by molar-refractivity contribution is 5.79. The van der Waals surface area contributed by atoms with Crippen LogP contribution in [0.2, 0.25) is 0 Å². The van der Waals surface area contributed by atoms with Crippen LogP contribution in [-0.2, 0) is 9.53 Å². The number of carbonyl (C=O) groups excluding carboxylic acids is 1. The van der Waals surface area contributed by atoms with Gasteiger partial charge in [-0.2, -0.15) is 5.06 Å². The molecule has 0 aromatic rings. The van der Waals surface area contributed by atoms with Gasteiger partial charge in [0.05, 0.1) is 0 Å². The zero-order valence-corrected chi connectivity index (χ0v) is 8.78. The van der Waals surface area contributed by atoms with E-state index in [1.165, 1.54) is 0 Å². The van der Waals surface area contributed by atoms with Gasteiger partial charge in [-0.3, -0.25) is 0 Å². The molecule has 0 aromatic carbocycles. The third-order valence-corrected chi connectivity index (χ3v) is 2.05. The lowest BCUT2D eigenvalue weighted by atomic mass is 10.1. The Labute approximate surface area is 83.2 Å². The topological polar surface area (TPSA) is 70.0 Å². The van der Waals surface area contributed by atoms with E-state index in [1.807, 2.05) is 0 Å². The molecule has 82 valence electrons. The average molecular weight is 203 g/mol. The molecule has 1 saturated heterocycles. The molecule has 14 heavy (non-hydrogen) atoms. The van der Waals surface area contributed by atoms with Crippen LogP contribution in [0.25, 0.3) is 0 Å². The summed E-state index contributed by atoms with van der Waals surface area (Å²) in [5.41, 5.74) is -2.51. The maximum atomic E-state index is 11.5. The maximum Gasteiger partial charge on any atom is 0.356 e. The van der Waals surface area contributed by atoms with Gasteiger partial charge < -0.3 is 15.1 Å². The summed E-state index contributed by atoms with van der Waals surface area (Å²) in [7, 11) is 0. The SMILES string of the molecule is CC(C)(C)OC(=O)[C@]1(O)CCCN1O. The first kappa shape index (κ1) is 11.4. The second kappa shape index (κ2) is 3.49. The Morgan fingerprint density at radius 2 is 2.07 bits per heavy atom. The lowest BCUT2D eigenvalue weighted by Gasteiger charge is -2.30. The monoisotopic (exact) mass is 203 g/mol. The Hall–Kier alpha value is -0.650. The number of hydroxylamine groups is 2. The van der Waals surface area contributed by atoms with Gasteiger partial charge in [0, 0.05) is 13.0 Å². The van der Waals surface area contributed by atoms with Crippen molar-refractivity contribution in [2.75, 3.05) is 6.54 Å². The highest BCUT2D eigenvalue weighted by Crippen LogP contribution is 2.27. The van der Waals surface area contributed by atoms with E-state index < -0.39 is 17.3 Å². The predicted molar refractivity (Wildman–Crippen MR) is 48.5 cm³/mol. The zero-order valence-electron chi connectivity index (χ0n) is 8.78. The van der Waals surface area contributed by atoms with Gasteiger partial charge in [0.2, 0.25) is 5.72 Å². The minimum Gasteiger partial charge on any atom is -0.457 e. The number of nitrogens with zero attached hydrogens (tertiary/aromatic N) is 1. The first-order chi connectivity index (χ1) is 6.26. The van der Waals surface area contributed by atoms with Crippen LogP contribution in [0.1, 0.15) is 33.6 Å². The molecule has 2 N–H and O–H groups in total. The molecule has 0 unspecified atom stereocenters. The van der Waals surface area contributed by atoms with Crippen LogP contribution in [0.4, 0.5) is 0 Å². The molecular weight excluding hydrogens is 186 g/mol. The van der Waals surface area contributed by atoms with E-state index in [9.17, 15) is 15.1 Å². The van der Waals surface area contributed by atoms with Crippen molar-refractivity contribution in [2.24, 2.45) is 0 Å². The second-order valence-electron chi connectivity index (χ2n) is 4.55. The number of esters is 1. The first-order valence-electron chi connectivity index (χ1n) is 4.68. The van der Waals surface area contributed by atoms with Crippen LogP contribution >= 0.6 is 0 Å². The third kappa shape index (κ3) is 2.23. The van der Waals surface area contributed by atoms with Crippen LogP contribution in [0, 0.1) is 0 Å². The molecule has 1 aliphatic heterocycles. The molecule has 0 aliphatic carbocycles. The standard InChI is InChI=1S/C9H17NO4/c1-8(2,3)14-7(11)9(12)5-4-6-10(9)13/h12-13H,4-6H2,1-3H3/t9-/m1/s1. The van der Waals surface area contributed by atoms with E-state index in [2.05, 4.69) is 0 Å². The molecular formula is C9H17NO4. The molecule has 0 radical (unpaired) electrons. The van der Waals surface area contributed by atoms with Crippen LogP contribution in [-0.4, -0.2) is 39.2 Å². The van der Waals surface area contributed by atoms with Crippen LogP contribution < -0.4 is 0 Å². The van der Waals surface area contributed by atoms with Crippen molar-refractivity contribution in [1.29, 1.82) is 0 Å². The minimum atomic E-state index is -1.85. The number of carbonyl (C=O) groups is 1. The van der Waals surface area contributed by atoms with Gasteiger partial charge in [-0.1, -0.05) is 0 Å². The van der Waals surface area contributed by atoms with Crippen LogP contribution in [0.3, 0.4) is 0 Å². The molecule has 1 heterocycles. The van der Waals surface area contributed by atoms with Gasteiger partial charge in [0.1, 0.15) is 5.60 Å². The summed E-state index contributed by atoms with van der Waals surface area (Å²) in [4.78, 5) is 11.5. The molecule has 0 bridgehead atoms. The lowest BCUT2D eigenvalue weighted by Crippen LogP contribution is -2.51. The van der Waals surface area contributed by atoms with E-state index in [0.717, 1.165) is 0 Å². The summed E-state index contributed by atoms with van der Waals surface area (Å²) in [6, 6.07) is 0. The molecule has 1 fully saturated rings. The van der Waals surface area contributed by atoms with Crippen molar-refractivity contribution >= 4 is 5.97 Å². The fourth-order valence-corrected chi connectivity index (χ4v) is 1.36. The molecule has 0 spiro atoms. The molecule has 0 amide bonds. The van der Waals surface area contributed by atoms with Gasteiger partial charge in [-0.25, -0.2) is 4.79 Å². The summed E-state index contributed by atoms with van der Waals surface area (Å²) in [5.74, 6) is -0.787. The van der Waals surface area contributed by atoms with Crippen molar-refractivity contribution in [3.63, 3.8) is 0 Å². The molecule has 5 heteroatoms. The zero-order chi connectivity index (χ0) is 11.0. The first-order valence-corrected chi connectivity index (χ1v) is 4.68. The van der Waals surface area contributed by atoms with Crippen LogP contribution in [0.15, 0.2) is 0 Å². The van der Waals surface area contributed by atoms with Crippen molar-refractivity contribution in [2.45, 2.75) is 44.9 Å². The summed E-state index contributed by atoms with van der Waals surface area (Å²) in [5, 5.41) is 19.7. The summed E-state index contributed by atoms with van der Waals surface area (Å²) >= 11 is 0. The van der Waals surface area contributed by atoms with E-state index in [1.54, 1.807) is 20.8 Å². The highest BCUT2D eigenvalue weighted by atomic mass is 16.6. The Morgan fingerprint density at radius 3 is 2.43 bits per heavy atom. The lowest BCUT2D eigenvalue weighted by molar-refractivity contribution is -0.252. The van der Waals surface area contributed by atoms with Crippen molar-refractivity contribution in [3.8, 4) is 0 Å². The molecule has 0 aromatic heterocycles. The smallest absolute Gasteiger partial charge is 0.356 e. The van der Waals surface area contributed by atoms with Crippen molar-refractivity contribution < 1.29 is 19.8 Å². The molecule has 0 saturated carbocycles. The Kier molecular flexibility index (Phi) is 2.85.